The van der Waals surface area contributed by atoms with Gasteiger partial charge in [-0.3, -0.25) is 4.79 Å². The van der Waals surface area contributed by atoms with Crippen molar-refractivity contribution in [3.63, 3.8) is 0 Å². The highest BCUT2D eigenvalue weighted by molar-refractivity contribution is 5.95. The molecule has 0 aliphatic heterocycles. The maximum atomic E-state index is 12.4. The number of methoxy groups -OCH3 is 1. The number of carbonyl (C=O) groups excluding carboxylic acids is 2. The molecule has 2 rings (SSSR count). The third kappa shape index (κ3) is 5.64. The summed E-state index contributed by atoms with van der Waals surface area (Å²) < 4.78 is 10.6. The van der Waals surface area contributed by atoms with Crippen molar-refractivity contribution in [2.24, 2.45) is 0 Å². The molecule has 1 N–H and O–H groups in total. The topological polar surface area (TPSA) is 64.6 Å². The van der Waals surface area contributed by atoms with Crippen molar-refractivity contribution in [3.05, 3.63) is 65.7 Å². The second-order valence-corrected chi connectivity index (χ2v) is 5.60. The van der Waals surface area contributed by atoms with Crippen molar-refractivity contribution in [1.29, 1.82) is 0 Å². The summed E-state index contributed by atoms with van der Waals surface area (Å²) in [7, 11) is 1.57. The predicted octanol–water partition coefficient (Wildman–Crippen LogP) is 3.80. The first kappa shape index (κ1) is 18.5. The third-order valence-electron chi connectivity index (χ3n) is 3.72. The van der Waals surface area contributed by atoms with E-state index in [-0.39, 0.29) is 5.91 Å². The lowest BCUT2D eigenvalue weighted by Crippen LogP contribution is -2.38. The van der Waals surface area contributed by atoms with Crippen LogP contribution >= 0.6 is 0 Å². The van der Waals surface area contributed by atoms with E-state index in [1.165, 1.54) is 0 Å². The predicted molar refractivity (Wildman–Crippen MR) is 95.6 cm³/mol. The van der Waals surface area contributed by atoms with Crippen molar-refractivity contribution in [1.82, 2.24) is 5.32 Å². The number of carbonyl (C=O) groups is 2. The van der Waals surface area contributed by atoms with Crippen LogP contribution < -0.4 is 10.1 Å². The molecule has 0 heterocycles. The minimum atomic E-state index is -0.665. The van der Waals surface area contributed by atoms with Crippen LogP contribution in [0.25, 0.3) is 0 Å². The molecule has 5 nitrogen and oxygen atoms in total. The summed E-state index contributed by atoms with van der Waals surface area (Å²) >= 11 is 0. The number of ether oxygens (including phenoxy) is 2. The summed E-state index contributed by atoms with van der Waals surface area (Å²) in [5, 5.41) is 2.78. The van der Waals surface area contributed by atoms with E-state index < -0.39 is 12.2 Å². The summed E-state index contributed by atoms with van der Waals surface area (Å²) in [6, 6.07) is 15.5. The van der Waals surface area contributed by atoms with E-state index in [4.69, 9.17) is 9.47 Å². The molecule has 2 aromatic rings. The van der Waals surface area contributed by atoms with Gasteiger partial charge >= 0.3 is 5.97 Å². The Labute approximate surface area is 148 Å². The van der Waals surface area contributed by atoms with Crippen LogP contribution in [0.5, 0.6) is 5.75 Å². The average Bonchev–Trinajstić information content (AvgIpc) is 2.66. The molecule has 5 heteroatoms. The lowest BCUT2D eigenvalue weighted by Gasteiger charge is -2.19. The molecular formula is C20H23NO4. The van der Waals surface area contributed by atoms with E-state index in [2.05, 4.69) is 5.32 Å². The largest absolute Gasteiger partial charge is 0.497 e. The smallest absolute Gasteiger partial charge is 0.340 e. The van der Waals surface area contributed by atoms with Crippen molar-refractivity contribution in [2.75, 3.05) is 7.11 Å². The lowest BCUT2D eigenvalue weighted by atomic mass is 10.2. The Hall–Kier alpha value is -2.82. The lowest BCUT2D eigenvalue weighted by molar-refractivity contribution is 0.0188. The molecule has 0 saturated heterocycles. The first-order valence-electron chi connectivity index (χ1n) is 8.35. The van der Waals surface area contributed by atoms with Gasteiger partial charge in [-0.2, -0.15) is 0 Å². The Morgan fingerprint density at radius 3 is 2.28 bits per heavy atom. The Morgan fingerprint density at radius 2 is 1.68 bits per heavy atom. The highest BCUT2D eigenvalue weighted by Crippen LogP contribution is 2.13. The van der Waals surface area contributed by atoms with Gasteiger partial charge < -0.3 is 14.8 Å². The van der Waals surface area contributed by atoms with Crippen LogP contribution in [0.4, 0.5) is 0 Å². The number of rotatable bonds is 8. The van der Waals surface area contributed by atoms with Gasteiger partial charge in [-0.1, -0.05) is 31.5 Å². The molecule has 132 valence electrons. The third-order valence-corrected chi connectivity index (χ3v) is 3.72. The first-order chi connectivity index (χ1) is 12.1. The summed E-state index contributed by atoms with van der Waals surface area (Å²) in [6.07, 6.45) is 1.69. The van der Waals surface area contributed by atoms with Crippen molar-refractivity contribution < 1.29 is 19.1 Å². The maximum Gasteiger partial charge on any atom is 0.340 e. The SMILES string of the molecule is CCCCC(NC(=O)c1ccc(OC)cc1)OC(=O)c1ccccc1. The van der Waals surface area contributed by atoms with E-state index in [0.717, 1.165) is 12.8 Å². The molecule has 0 saturated carbocycles. The fourth-order valence-corrected chi connectivity index (χ4v) is 2.29. The molecule has 0 aromatic heterocycles. The van der Waals surface area contributed by atoms with Gasteiger partial charge in [0.25, 0.3) is 5.91 Å². The minimum absolute atomic E-state index is 0.287. The normalized spacial score (nSPS) is 11.4. The van der Waals surface area contributed by atoms with Gasteiger partial charge in [0.1, 0.15) is 5.75 Å². The standard InChI is InChI=1S/C20H23NO4/c1-3-4-10-18(25-20(23)16-8-6-5-7-9-16)21-19(22)15-11-13-17(24-2)14-12-15/h5-9,11-14,18H,3-4,10H2,1-2H3,(H,21,22). The summed E-state index contributed by atoms with van der Waals surface area (Å²) in [4.78, 5) is 24.6. The van der Waals surface area contributed by atoms with Gasteiger partial charge in [-0.05, 0) is 42.8 Å². The molecule has 0 aliphatic rings. The van der Waals surface area contributed by atoms with Crippen molar-refractivity contribution >= 4 is 11.9 Å². The summed E-state index contributed by atoms with van der Waals surface area (Å²) in [5.74, 6) is -0.0593. The minimum Gasteiger partial charge on any atom is -0.497 e. The van der Waals surface area contributed by atoms with Gasteiger partial charge in [0, 0.05) is 12.0 Å². The Kier molecular flexibility index (Phi) is 7.01. The number of hydrogen-bond donors (Lipinski definition) is 1. The molecule has 25 heavy (non-hydrogen) atoms. The number of benzene rings is 2. The zero-order valence-corrected chi connectivity index (χ0v) is 14.5. The van der Waals surface area contributed by atoms with E-state index in [1.54, 1.807) is 55.6 Å². The van der Waals surface area contributed by atoms with Gasteiger partial charge in [-0.25, -0.2) is 4.79 Å². The second-order valence-electron chi connectivity index (χ2n) is 5.60. The monoisotopic (exact) mass is 341 g/mol. The Morgan fingerprint density at radius 1 is 1.00 bits per heavy atom. The van der Waals surface area contributed by atoms with Crippen LogP contribution in [0.1, 0.15) is 46.9 Å². The van der Waals surface area contributed by atoms with Crippen LogP contribution in [0.3, 0.4) is 0 Å². The summed E-state index contributed by atoms with van der Waals surface area (Å²) in [6.45, 7) is 2.04. The highest BCUT2D eigenvalue weighted by Gasteiger charge is 2.18. The zero-order chi connectivity index (χ0) is 18.1. The van der Waals surface area contributed by atoms with Gasteiger partial charge in [-0.15, -0.1) is 0 Å². The van der Waals surface area contributed by atoms with Gasteiger partial charge in [0.05, 0.1) is 12.7 Å². The molecule has 2 aromatic carbocycles. The summed E-state index contributed by atoms with van der Waals surface area (Å²) in [5.41, 5.74) is 0.945. The van der Waals surface area contributed by atoms with Crippen molar-refractivity contribution in [3.8, 4) is 5.75 Å². The van der Waals surface area contributed by atoms with Crippen LogP contribution in [0, 0.1) is 0 Å². The quantitative estimate of drug-likeness (QED) is 0.586. The van der Waals surface area contributed by atoms with Crippen molar-refractivity contribution in [2.45, 2.75) is 32.4 Å². The number of esters is 1. The van der Waals surface area contributed by atoms with Crippen LogP contribution in [-0.2, 0) is 4.74 Å². The van der Waals surface area contributed by atoms with E-state index in [0.29, 0.717) is 23.3 Å². The Balaban J connectivity index is 2.03. The van der Waals surface area contributed by atoms with Gasteiger partial charge in [0.15, 0.2) is 6.23 Å². The fraction of sp³-hybridized carbons (Fsp3) is 0.300. The van der Waals surface area contributed by atoms with Crippen LogP contribution in [0.2, 0.25) is 0 Å². The molecular weight excluding hydrogens is 318 g/mol. The van der Waals surface area contributed by atoms with E-state index in [9.17, 15) is 9.59 Å². The van der Waals surface area contributed by atoms with Gasteiger partial charge in [0.2, 0.25) is 0 Å². The zero-order valence-electron chi connectivity index (χ0n) is 14.5. The average molecular weight is 341 g/mol. The number of nitrogens with one attached hydrogen (secondary N) is 1. The van der Waals surface area contributed by atoms with Crippen LogP contribution in [-0.4, -0.2) is 25.2 Å². The number of hydrogen-bond acceptors (Lipinski definition) is 4. The number of amides is 1. The van der Waals surface area contributed by atoms with Crippen LogP contribution in [0.15, 0.2) is 54.6 Å². The molecule has 0 spiro atoms. The molecule has 0 aliphatic carbocycles. The molecule has 0 radical (unpaired) electrons. The highest BCUT2D eigenvalue weighted by atomic mass is 16.6. The molecule has 1 amide bonds. The fourth-order valence-electron chi connectivity index (χ4n) is 2.29. The van der Waals surface area contributed by atoms with E-state index in [1.807, 2.05) is 13.0 Å². The van der Waals surface area contributed by atoms with E-state index >= 15 is 0 Å². The maximum absolute atomic E-state index is 12.4. The first-order valence-corrected chi connectivity index (χ1v) is 8.35. The molecule has 0 bridgehead atoms. The molecule has 0 fully saturated rings. The molecule has 1 unspecified atom stereocenters. The second kappa shape index (κ2) is 9.47. The Bertz CT molecular complexity index is 683. The molecule has 1 atom stereocenters. The number of unbranched alkanes of at least 4 members (excludes halogenated alkanes) is 1.